The highest BCUT2D eigenvalue weighted by atomic mass is 35.5. The number of H-pyrrole nitrogens is 1. The third kappa shape index (κ3) is 4.60. The average Bonchev–Trinajstić information content (AvgIpc) is 3.13. The first-order chi connectivity index (χ1) is 11.7. The number of benzene rings is 2. The minimum Gasteiger partial charge on any atom is -0.489 e. The molecule has 3 aromatic rings. The topological polar surface area (TPSA) is 49.9 Å². The van der Waals surface area contributed by atoms with Gasteiger partial charge < -0.3 is 15.0 Å². The van der Waals surface area contributed by atoms with E-state index >= 15 is 0 Å². The molecule has 0 spiro atoms. The maximum atomic E-state index is 5.98. The molecule has 1 unspecified atom stereocenters. The Bertz CT molecular complexity index is 757. The van der Waals surface area contributed by atoms with Crippen LogP contribution in [0.25, 0.3) is 0 Å². The number of halogens is 1. The van der Waals surface area contributed by atoms with Gasteiger partial charge in [-0.25, -0.2) is 4.98 Å². The molecule has 1 atom stereocenters. The molecule has 4 nitrogen and oxygen atoms in total. The third-order valence-electron chi connectivity index (χ3n) is 3.76. The molecule has 2 N–H and O–H groups in total. The Labute approximate surface area is 146 Å². The summed E-state index contributed by atoms with van der Waals surface area (Å²) >= 11 is 5.98. The number of nitrogens with one attached hydrogen (secondary N) is 2. The average molecular weight is 342 g/mol. The maximum Gasteiger partial charge on any atom is 0.122 e. The van der Waals surface area contributed by atoms with Crippen molar-refractivity contribution in [2.45, 2.75) is 26.1 Å². The van der Waals surface area contributed by atoms with Gasteiger partial charge >= 0.3 is 0 Å². The fourth-order valence-electron chi connectivity index (χ4n) is 2.38. The Morgan fingerprint density at radius 1 is 1.17 bits per heavy atom. The second-order valence-electron chi connectivity index (χ2n) is 5.64. The highest BCUT2D eigenvalue weighted by molar-refractivity contribution is 6.30. The lowest BCUT2D eigenvalue weighted by Crippen LogP contribution is -2.19. The largest absolute Gasteiger partial charge is 0.489 e. The summed E-state index contributed by atoms with van der Waals surface area (Å²) in [4.78, 5) is 7.37. The molecule has 0 aliphatic heterocycles. The van der Waals surface area contributed by atoms with E-state index in [0.29, 0.717) is 6.61 Å². The van der Waals surface area contributed by atoms with E-state index in [4.69, 9.17) is 16.3 Å². The van der Waals surface area contributed by atoms with Crippen molar-refractivity contribution in [2.24, 2.45) is 0 Å². The minimum absolute atomic E-state index is 0.179. The predicted molar refractivity (Wildman–Crippen MR) is 96.1 cm³/mol. The Morgan fingerprint density at radius 2 is 2.00 bits per heavy atom. The van der Waals surface area contributed by atoms with Crippen LogP contribution in [0.4, 0.5) is 0 Å². The molecule has 0 amide bonds. The molecule has 124 valence electrons. The number of hydrogen-bond acceptors (Lipinski definition) is 3. The van der Waals surface area contributed by atoms with Gasteiger partial charge in [-0.3, -0.25) is 0 Å². The zero-order valence-corrected chi connectivity index (χ0v) is 14.3. The predicted octanol–water partition coefficient (Wildman–Crippen LogP) is 4.49. The molecule has 5 heteroatoms. The molecule has 1 aromatic heterocycles. The number of imidazole rings is 1. The standard InChI is InChI=1S/C19H20ClN3O/c1-14(19-21-9-10-22-19)23-12-15-5-7-18(8-6-15)24-13-16-3-2-4-17(20)11-16/h2-11,14,23H,12-13H2,1H3,(H,21,22). The van der Waals surface area contributed by atoms with Gasteiger partial charge in [0.1, 0.15) is 18.2 Å². The summed E-state index contributed by atoms with van der Waals surface area (Å²) in [6.45, 7) is 3.37. The summed E-state index contributed by atoms with van der Waals surface area (Å²) in [5.41, 5.74) is 2.25. The summed E-state index contributed by atoms with van der Waals surface area (Å²) in [6, 6.07) is 16.0. The van der Waals surface area contributed by atoms with Crippen molar-refractivity contribution >= 4 is 11.6 Å². The van der Waals surface area contributed by atoms with E-state index in [1.165, 1.54) is 5.56 Å². The van der Waals surface area contributed by atoms with Gasteiger partial charge in [-0.05, 0) is 42.3 Å². The minimum atomic E-state index is 0.179. The maximum absolute atomic E-state index is 5.98. The molecule has 0 saturated heterocycles. The van der Waals surface area contributed by atoms with Gasteiger partial charge in [0.05, 0.1) is 6.04 Å². The first-order valence-corrected chi connectivity index (χ1v) is 8.27. The van der Waals surface area contributed by atoms with Crippen LogP contribution >= 0.6 is 11.6 Å². The molecule has 0 fully saturated rings. The molecule has 1 heterocycles. The fraction of sp³-hybridized carbons (Fsp3) is 0.211. The molecule has 0 aliphatic rings. The lowest BCUT2D eigenvalue weighted by atomic mass is 10.2. The number of hydrogen-bond donors (Lipinski definition) is 2. The summed E-state index contributed by atoms with van der Waals surface area (Å²) in [5, 5.41) is 4.16. The van der Waals surface area contributed by atoms with E-state index in [0.717, 1.165) is 28.7 Å². The van der Waals surface area contributed by atoms with Crippen molar-refractivity contribution in [3.63, 3.8) is 0 Å². The van der Waals surface area contributed by atoms with Crippen LogP contribution in [0, 0.1) is 0 Å². The summed E-state index contributed by atoms with van der Waals surface area (Å²) in [5.74, 6) is 1.79. The molecule has 24 heavy (non-hydrogen) atoms. The van der Waals surface area contributed by atoms with Gasteiger partial charge in [-0.15, -0.1) is 0 Å². The van der Waals surface area contributed by atoms with Crippen molar-refractivity contribution in [2.75, 3.05) is 0 Å². The van der Waals surface area contributed by atoms with Crippen LogP contribution in [0.2, 0.25) is 5.02 Å². The van der Waals surface area contributed by atoms with Crippen molar-refractivity contribution < 1.29 is 4.74 Å². The molecule has 0 saturated carbocycles. The number of nitrogens with zero attached hydrogens (tertiary/aromatic N) is 1. The van der Waals surface area contributed by atoms with Gasteiger partial charge in [-0.2, -0.15) is 0 Å². The van der Waals surface area contributed by atoms with Crippen LogP contribution in [-0.2, 0) is 13.2 Å². The Morgan fingerprint density at radius 3 is 2.71 bits per heavy atom. The quantitative estimate of drug-likeness (QED) is 0.665. The first kappa shape index (κ1) is 16.6. The van der Waals surface area contributed by atoms with Crippen LogP contribution in [0.15, 0.2) is 60.9 Å². The van der Waals surface area contributed by atoms with Gasteiger partial charge in [0, 0.05) is 24.0 Å². The normalized spacial score (nSPS) is 12.1. The van der Waals surface area contributed by atoms with E-state index < -0.39 is 0 Å². The van der Waals surface area contributed by atoms with Crippen LogP contribution in [0.1, 0.15) is 29.9 Å². The van der Waals surface area contributed by atoms with E-state index in [1.807, 2.05) is 42.6 Å². The number of aromatic nitrogens is 2. The first-order valence-electron chi connectivity index (χ1n) is 7.89. The van der Waals surface area contributed by atoms with E-state index in [-0.39, 0.29) is 6.04 Å². The number of rotatable bonds is 7. The Kier molecular flexibility index (Phi) is 5.51. The summed E-state index contributed by atoms with van der Waals surface area (Å²) in [6.07, 6.45) is 3.60. The van der Waals surface area contributed by atoms with Gasteiger partial charge in [-0.1, -0.05) is 35.9 Å². The zero-order chi connectivity index (χ0) is 16.8. The molecule has 0 radical (unpaired) electrons. The van der Waals surface area contributed by atoms with E-state index in [9.17, 15) is 0 Å². The van der Waals surface area contributed by atoms with Crippen molar-refractivity contribution in [1.29, 1.82) is 0 Å². The highest BCUT2D eigenvalue weighted by Gasteiger charge is 2.06. The molecule has 0 aliphatic carbocycles. The van der Waals surface area contributed by atoms with E-state index in [1.54, 1.807) is 6.20 Å². The Balaban J connectivity index is 1.50. The number of ether oxygens (including phenoxy) is 1. The third-order valence-corrected chi connectivity index (χ3v) is 3.99. The van der Waals surface area contributed by atoms with Crippen LogP contribution < -0.4 is 10.1 Å². The SMILES string of the molecule is CC(NCc1ccc(OCc2cccc(Cl)c2)cc1)c1ncc[nH]1. The lowest BCUT2D eigenvalue weighted by molar-refractivity contribution is 0.306. The summed E-state index contributed by atoms with van der Waals surface area (Å²) in [7, 11) is 0. The van der Waals surface area contributed by atoms with Crippen molar-refractivity contribution in [3.8, 4) is 5.75 Å². The molecular formula is C19H20ClN3O. The van der Waals surface area contributed by atoms with Gasteiger partial charge in [0.2, 0.25) is 0 Å². The van der Waals surface area contributed by atoms with Crippen LogP contribution in [-0.4, -0.2) is 9.97 Å². The van der Waals surface area contributed by atoms with Crippen LogP contribution in [0.3, 0.4) is 0 Å². The van der Waals surface area contributed by atoms with Gasteiger partial charge in [0.15, 0.2) is 0 Å². The molecule has 0 bridgehead atoms. The highest BCUT2D eigenvalue weighted by Crippen LogP contribution is 2.17. The number of aromatic amines is 1. The van der Waals surface area contributed by atoms with Crippen molar-refractivity contribution in [3.05, 3.63) is 82.9 Å². The molecular weight excluding hydrogens is 322 g/mol. The second kappa shape index (κ2) is 7.99. The second-order valence-corrected chi connectivity index (χ2v) is 6.08. The Hall–Kier alpha value is -2.30. The monoisotopic (exact) mass is 341 g/mol. The fourth-order valence-corrected chi connectivity index (χ4v) is 2.59. The smallest absolute Gasteiger partial charge is 0.122 e. The van der Waals surface area contributed by atoms with Crippen molar-refractivity contribution in [1.82, 2.24) is 15.3 Å². The van der Waals surface area contributed by atoms with E-state index in [2.05, 4.69) is 34.3 Å². The molecule has 2 aromatic carbocycles. The zero-order valence-electron chi connectivity index (χ0n) is 13.5. The summed E-state index contributed by atoms with van der Waals surface area (Å²) < 4.78 is 5.79. The molecule has 3 rings (SSSR count). The lowest BCUT2D eigenvalue weighted by Gasteiger charge is -2.12. The van der Waals surface area contributed by atoms with Crippen LogP contribution in [0.5, 0.6) is 5.75 Å². The van der Waals surface area contributed by atoms with Gasteiger partial charge in [0.25, 0.3) is 0 Å².